The Morgan fingerprint density at radius 2 is 0.500 bits per heavy atom. The number of rotatable bonds is 11. The Kier molecular flexibility index (Phi) is 19.3. The first-order chi connectivity index (χ1) is 68.4. The molecular weight excluding hydrogens is 1740 g/mol. The first-order valence-electron chi connectivity index (χ1n) is 46.4. The van der Waals surface area contributed by atoms with Gasteiger partial charge >= 0.3 is 0 Å². The summed E-state index contributed by atoms with van der Waals surface area (Å²) in [6.07, 6.45) is 0. The highest BCUT2D eigenvalue weighted by molar-refractivity contribution is 7.27. The molecule has 0 radical (unpaired) electrons. The summed E-state index contributed by atoms with van der Waals surface area (Å²) in [6.45, 7) is 0. The molecule has 0 saturated heterocycles. The molecular formula is C126H77N9S3. The van der Waals surface area contributed by atoms with Gasteiger partial charge in [0.15, 0.2) is 17.5 Å². The smallest absolute Gasteiger partial charge is 0.160 e. The maximum Gasteiger partial charge on any atom is 0.160 e. The number of fused-ring (bicyclic) bond motifs is 23. The van der Waals surface area contributed by atoms with E-state index in [4.69, 9.17) is 29.9 Å². The Labute approximate surface area is 804 Å². The van der Waals surface area contributed by atoms with Crippen molar-refractivity contribution in [1.82, 2.24) is 43.6 Å². The molecule has 0 fully saturated rings. The van der Waals surface area contributed by atoms with Crippen LogP contribution in [0.15, 0.2) is 467 Å². The summed E-state index contributed by atoms with van der Waals surface area (Å²) >= 11 is 5.29. The normalized spacial score (nSPS) is 11.8. The highest BCUT2D eigenvalue weighted by Gasteiger charge is 2.25. The van der Waals surface area contributed by atoms with E-state index >= 15 is 0 Å². The molecule has 29 aromatic rings. The van der Waals surface area contributed by atoms with Crippen molar-refractivity contribution in [2.24, 2.45) is 0 Å². The van der Waals surface area contributed by atoms with Gasteiger partial charge < -0.3 is 13.7 Å². The van der Waals surface area contributed by atoms with E-state index < -0.39 is 0 Å². The fourth-order valence-electron chi connectivity index (χ4n) is 20.6. The molecule has 0 saturated carbocycles. The zero-order chi connectivity index (χ0) is 90.8. The van der Waals surface area contributed by atoms with Gasteiger partial charge in [0.25, 0.3) is 0 Å². The van der Waals surface area contributed by atoms with Crippen LogP contribution in [-0.4, -0.2) is 43.6 Å². The summed E-state index contributed by atoms with van der Waals surface area (Å²) in [7, 11) is 0. The minimum Gasteiger partial charge on any atom is -0.309 e. The lowest BCUT2D eigenvalue weighted by Crippen LogP contribution is -1.97. The standard InChI is InChI=1S/2C44H27N3S.C38H23N3S/c1-3-13-29(14-4-1)40-43-41(36-20-9-10-21-39(36)48-43)46-44(45-40)32-16-11-15-30(26-32)31-23-25-38-37(27-31)35-24-22-28-12-7-8-19-34(28)42(35)47(38)33-17-5-2-6-18-33;1-3-12-28(13-4-1)41-43-42(35-20-9-10-21-40(35)48-43)46-44(45-41)33-17-11-16-29(24-33)32-22-23-38-36(26-32)37-25-30-14-7-8-15-31(30)27-39(37)47(38)34-18-5-2-6-19-34;1-2-12-25(13-3-1)35-37-36(30-18-7-9-20-33(30)42-37)40-38(39-35)26-14-10-15-27(23-26)41-31-19-8-6-17-29(31)34-28-16-5-4-11-24(28)21-22-32(34)41/h2*1-27H;1-23H. The van der Waals surface area contributed by atoms with E-state index in [9.17, 15) is 0 Å². The Morgan fingerprint density at radius 1 is 0.167 bits per heavy atom. The van der Waals surface area contributed by atoms with Gasteiger partial charge in [-0.3, -0.25) is 0 Å². The van der Waals surface area contributed by atoms with Crippen LogP contribution in [0.4, 0.5) is 0 Å². The summed E-state index contributed by atoms with van der Waals surface area (Å²) < 4.78 is 14.2. The molecule has 0 unspecified atom stereocenters. The molecule has 0 bridgehead atoms. The van der Waals surface area contributed by atoms with Gasteiger partial charge in [-0.15, -0.1) is 34.0 Å². The molecule has 644 valence electrons. The fraction of sp³-hybridized carbons (Fsp3) is 0. The van der Waals surface area contributed by atoms with Gasteiger partial charge in [-0.25, -0.2) is 29.9 Å². The molecule has 0 aliphatic heterocycles. The average molecular weight is 1810 g/mol. The van der Waals surface area contributed by atoms with Crippen molar-refractivity contribution in [1.29, 1.82) is 0 Å². The lowest BCUT2D eigenvalue weighted by atomic mass is 9.99. The zero-order valence-electron chi connectivity index (χ0n) is 74.2. The topological polar surface area (TPSA) is 92.1 Å². The van der Waals surface area contributed by atoms with E-state index in [2.05, 4.69) is 463 Å². The van der Waals surface area contributed by atoms with Crippen LogP contribution in [0, 0.1) is 0 Å². The van der Waals surface area contributed by atoms with E-state index in [1.807, 2.05) is 18.2 Å². The second-order valence-electron chi connectivity index (χ2n) is 35.1. The van der Waals surface area contributed by atoms with Crippen LogP contribution in [0.2, 0.25) is 0 Å². The van der Waals surface area contributed by atoms with Crippen molar-refractivity contribution in [3.8, 4) is 107 Å². The Hall–Kier alpha value is -17.5. The summed E-state index contributed by atoms with van der Waals surface area (Å²) in [6, 6.07) is 166. The summed E-state index contributed by atoms with van der Waals surface area (Å²) in [5.41, 5.74) is 27.4. The largest absolute Gasteiger partial charge is 0.309 e. The van der Waals surface area contributed by atoms with Gasteiger partial charge in [0, 0.05) is 118 Å². The zero-order valence-corrected chi connectivity index (χ0v) is 76.7. The second kappa shape index (κ2) is 33.3. The average Bonchev–Trinajstić information content (AvgIpc) is 1.45. The first kappa shape index (κ1) is 80.2. The highest BCUT2D eigenvalue weighted by atomic mass is 32.1. The molecule has 0 aliphatic rings. The van der Waals surface area contributed by atoms with Crippen LogP contribution < -0.4 is 0 Å². The first-order valence-corrected chi connectivity index (χ1v) is 48.9. The molecule has 0 amide bonds. The third-order valence-electron chi connectivity index (χ3n) is 26.9. The van der Waals surface area contributed by atoms with Gasteiger partial charge in [0.1, 0.15) is 0 Å². The monoisotopic (exact) mass is 1810 g/mol. The van der Waals surface area contributed by atoms with Gasteiger partial charge in [-0.05, 0) is 164 Å². The van der Waals surface area contributed by atoms with Crippen LogP contribution in [0.1, 0.15) is 0 Å². The molecule has 9 heterocycles. The molecule has 9 aromatic heterocycles. The van der Waals surface area contributed by atoms with E-state index in [0.29, 0.717) is 0 Å². The lowest BCUT2D eigenvalue weighted by Gasteiger charge is -2.11. The van der Waals surface area contributed by atoms with E-state index in [-0.39, 0.29) is 0 Å². The third-order valence-corrected chi connectivity index (χ3v) is 30.4. The molecule has 138 heavy (non-hydrogen) atoms. The maximum atomic E-state index is 5.22. The van der Waals surface area contributed by atoms with Crippen molar-refractivity contribution in [2.75, 3.05) is 0 Å². The van der Waals surface area contributed by atoms with Gasteiger partial charge in [-0.2, -0.15) is 0 Å². The van der Waals surface area contributed by atoms with E-state index in [1.165, 1.54) is 128 Å². The Morgan fingerprint density at radius 3 is 1.01 bits per heavy atom. The SMILES string of the molecule is c1ccc(-c2nc(-c3cccc(-c4ccc5c(c4)c4cc6ccccc6cc4n5-c4ccccc4)c3)nc3c2sc2ccccc23)cc1.c1ccc(-c2nc(-c3cccc(-c4ccc5c(c4)c4ccc6ccccc6c4n5-c4ccccc4)c3)nc3c2sc2ccccc23)cc1.c1ccc(-c2nc(-c3cccc(-n4c5ccccc5c5c6ccccc6ccc54)c3)nc3c2sc2ccccc23)cc1. The molecule has 9 nitrogen and oxygen atoms in total. The number of nitrogens with zero attached hydrogens (tertiary/aromatic N) is 9. The predicted octanol–water partition coefficient (Wildman–Crippen LogP) is 34.6. The second-order valence-corrected chi connectivity index (χ2v) is 38.2. The van der Waals surface area contributed by atoms with Crippen LogP contribution in [-0.2, 0) is 0 Å². The molecule has 20 aromatic carbocycles. The van der Waals surface area contributed by atoms with E-state index in [1.54, 1.807) is 34.0 Å². The number of thiophene rings is 3. The molecule has 0 atom stereocenters. The van der Waals surface area contributed by atoms with Gasteiger partial charge in [0.2, 0.25) is 0 Å². The van der Waals surface area contributed by atoms with Gasteiger partial charge in [-0.1, -0.05) is 352 Å². The minimum absolute atomic E-state index is 0.734. The minimum atomic E-state index is 0.734. The van der Waals surface area contributed by atoms with E-state index in [0.717, 1.165) is 138 Å². The Bertz CT molecular complexity index is 9710. The van der Waals surface area contributed by atoms with Crippen LogP contribution >= 0.6 is 34.0 Å². The van der Waals surface area contributed by atoms with Crippen molar-refractivity contribution >= 4 is 193 Å². The van der Waals surface area contributed by atoms with Crippen molar-refractivity contribution < 1.29 is 0 Å². The molecule has 0 spiro atoms. The van der Waals surface area contributed by atoms with Crippen LogP contribution in [0.25, 0.3) is 266 Å². The predicted molar refractivity (Wildman–Crippen MR) is 584 cm³/mol. The number of hydrogen-bond acceptors (Lipinski definition) is 9. The quantitative estimate of drug-likeness (QED) is 0.128. The number of hydrogen-bond donors (Lipinski definition) is 0. The highest BCUT2D eigenvalue weighted by Crippen LogP contribution is 2.48. The molecule has 29 rings (SSSR count). The number of aromatic nitrogens is 9. The molecule has 0 aliphatic carbocycles. The van der Waals surface area contributed by atoms with Crippen LogP contribution in [0.3, 0.4) is 0 Å². The third kappa shape index (κ3) is 13.7. The molecule has 12 heteroatoms. The lowest BCUT2D eigenvalue weighted by molar-refractivity contribution is 1.17. The summed E-state index contributed by atoms with van der Waals surface area (Å²) in [5.74, 6) is 2.21. The maximum absolute atomic E-state index is 5.22. The van der Waals surface area contributed by atoms with Crippen molar-refractivity contribution in [3.05, 3.63) is 467 Å². The molecule has 0 N–H and O–H groups in total. The number of para-hydroxylation sites is 3. The summed E-state index contributed by atoms with van der Waals surface area (Å²) in [4.78, 5) is 31.3. The van der Waals surface area contributed by atoms with Crippen molar-refractivity contribution in [2.45, 2.75) is 0 Å². The Balaban J connectivity index is 0.000000105. The number of benzene rings is 20. The summed E-state index contributed by atoms with van der Waals surface area (Å²) in [5, 5.41) is 18.5. The van der Waals surface area contributed by atoms with Crippen molar-refractivity contribution in [3.63, 3.8) is 0 Å². The van der Waals surface area contributed by atoms with Gasteiger partial charge in [0.05, 0.1) is 80.8 Å². The fourth-order valence-corrected chi connectivity index (χ4v) is 24.0. The van der Waals surface area contributed by atoms with Crippen LogP contribution in [0.5, 0.6) is 0 Å².